The lowest BCUT2D eigenvalue weighted by molar-refractivity contribution is 0.0721. The van der Waals surface area contributed by atoms with Crippen LogP contribution >= 0.6 is 0 Å². The van der Waals surface area contributed by atoms with Crippen LogP contribution in [-0.2, 0) is 4.74 Å². The number of ether oxygens (including phenoxy) is 2. The number of nitrogens with zero attached hydrogens (tertiary/aromatic N) is 1. The Balaban J connectivity index is 2.19. The number of benzene rings is 1. The first-order valence-electron chi connectivity index (χ1n) is 5.91. The van der Waals surface area contributed by atoms with Crippen LogP contribution in [0.5, 0.6) is 5.75 Å². The fraction of sp³-hybridized carbons (Fsp3) is 0.462. The van der Waals surface area contributed by atoms with Crippen molar-refractivity contribution in [2.75, 3.05) is 33.0 Å². The molecule has 1 aromatic carbocycles. The van der Waals surface area contributed by atoms with Gasteiger partial charge in [-0.2, -0.15) is 0 Å². The van der Waals surface area contributed by atoms with Gasteiger partial charge in [-0.15, -0.1) is 0 Å². The molecule has 0 saturated carbocycles. The summed E-state index contributed by atoms with van der Waals surface area (Å²) in [5.41, 5.74) is 6.80. The van der Waals surface area contributed by atoms with E-state index in [1.165, 1.54) is 7.11 Å². The van der Waals surface area contributed by atoms with Crippen LogP contribution in [0.25, 0.3) is 0 Å². The van der Waals surface area contributed by atoms with Gasteiger partial charge in [-0.25, -0.2) is 0 Å². The van der Waals surface area contributed by atoms with Gasteiger partial charge in [0.2, 0.25) is 0 Å². The zero-order chi connectivity index (χ0) is 13.1. The van der Waals surface area contributed by atoms with E-state index in [2.05, 4.69) is 0 Å². The first-order valence-corrected chi connectivity index (χ1v) is 5.91. The van der Waals surface area contributed by atoms with E-state index in [1.54, 1.807) is 30.2 Å². The normalized spacial score (nSPS) is 19.0. The standard InChI is InChI=1S/C13H18N2O3/c1-17-10-5-6-15(8-10)13(16)11-4-3-9(14)7-12(11)18-2/h3-4,7,10H,5-6,8,14H2,1-2H3. The number of hydrogen-bond donors (Lipinski definition) is 1. The van der Waals surface area contributed by atoms with Crippen molar-refractivity contribution in [1.29, 1.82) is 0 Å². The summed E-state index contributed by atoms with van der Waals surface area (Å²) < 4.78 is 10.5. The molecule has 0 spiro atoms. The zero-order valence-corrected chi connectivity index (χ0v) is 10.7. The predicted octanol–water partition coefficient (Wildman–Crippen LogP) is 1.14. The second kappa shape index (κ2) is 5.27. The van der Waals surface area contributed by atoms with E-state index in [0.717, 1.165) is 6.42 Å². The highest BCUT2D eigenvalue weighted by Crippen LogP contribution is 2.24. The van der Waals surface area contributed by atoms with Crippen molar-refractivity contribution in [3.05, 3.63) is 23.8 Å². The number of rotatable bonds is 3. The van der Waals surface area contributed by atoms with Gasteiger partial charge in [-0.05, 0) is 18.6 Å². The molecule has 1 atom stereocenters. The number of carbonyl (C=O) groups excluding carboxylic acids is 1. The van der Waals surface area contributed by atoms with Crippen LogP contribution in [0.4, 0.5) is 5.69 Å². The summed E-state index contributed by atoms with van der Waals surface area (Å²) in [5, 5.41) is 0. The van der Waals surface area contributed by atoms with E-state index in [0.29, 0.717) is 30.1 Å². The fourth-order valence-electron chi connectivity index (χ4n) is 2.16. The predicted molar refractivity (Wildman–Crippen MR) is 68.7 cm³/mol. The molecule has 98 valence electrons. The zero-order valence-electron chi connectivity index (χ0n) is 10.7. The molecule has 0 aromatic heterocycles. The molecule has 1 aliphatic heterocycles. The largest absolute Gasteiger partial charge is 0.496 e. The van der Waals surface area contributed by atoms with Gasteiger partial charge in [0.15, 0.2) is 0 Å². The van der Waals surface area contributed by atoms with Crippen LogP contribution in [-0.4, -0.2) is 44.2 Å². The minimum atomic E-state index is -0.0357. The van der Waals surface area contributed by atoms with Gasteiger partial charge < -0.3 is 20.1 Å². The summed E-state index contributed by atoms with van der Waals surface area (Å²) in [6.07, 6.45) is 1.01. The smallest absolute Gasteiger partial charge is 0.257 e. The van der Waals surface area contributed by atoms with Crippen molar-refractivity contribution in [2.24, 2.45) is 0 Å². The molecular weight excluding hydrogens is 232 g/mol. The van der Waals surface area contributed by atoms with Crippen LogP contribution in [0, 0.1) is 0 Å². The topological polar surface area (TPSA) is 64.8 Å². The van der Waals surface area contributed by atoms with E-state index in [9.17, 15) is 4.79 Å². The average molecular weight is 250 g/mol. The SMILES string of the molecule is COc1cc(N)ccc1C(=O)N1CCC(OC)C1. The second-order valence-corrected chi connectivity index (χ2v) is 4.36. The Morgan fingerprint density at radius 1 is 1.44 bits per heavy atom. The van der Waals surface area contributed by atoms with Crippen molar-refractivity contribution < 1.29 is 14.3 Å². The highest BCUT2D eigenvalue weighted by Gasteiger charge is 2.28. The molecule has 5 heteroatoms. The van der Waals surface area contributed by atoms with Crippen molar-refractivity contribution in [3.63, 3.8) is 0 Å². The first kappa shape index (κ1) is 12.7. The molecule has 1 unspecified atom stereocenters. The monoisotopic (exact) mass is 250 g/mol. The number of likely N-dealkylation sites (tertiary alicyclic amines) is 1. The van der Waals surface area contributed by atoms with Gasteiger partial charge in [-0.3, -0.25) is 4.79 Å². The molecule has 18 heavy (non-hydrogen) atoms. The van der Waals surface area contributed by atoms with Crippen LogP contribution < -0.4 is 10.5 Å². The third kappa shape index (κ3) is 2.41. The quantitative estimate of drug-likeness (QED) is 0.817. The number of anilines is 1. The van der Waals surface area contributed by atoms with Gasteiger partial charge in [0.05, 0.1) is 18.8 Å². The average Bonchev–Trinajstić information content (AvgIpc) is 2.86. The van der Waals surface area contributed by atoms with Crippen molar-refractivity contribution in [2.45, 2.75) is 12.5 Å². The molecular formula is C13H18N2O3. The minimum absolute atomic E-state index is 0.0357. The molecule has 1 amide bonds. The summed E-state index contributed by atoms with van der Waals surface area (Å²) in [4.78, 5) is 14.1. The minimum Gasteiger partial charge on any atom is -0.496 e. The number of nitrogens with two attached hydrogens (primary N) is 1. The van der Waals surface area contributed by atoms with Gasteiger partial charge in [-0.1, -0.05) is 0 Å². The lowest BCUT2D eigenvalue weighted by Gasteiger charge is -2.18. The van der Waals surface area contributed by atoms with Gasteiger partial charge >= 0.3 is 0 Å². The Morgan fingerprint density at radius 2 is 2.22 bits per heavy atom. The molecule has 1 fully saturated rings. The number of hydrogen-bond acceptors (Lipinski definition) is 4. The molecule has 1 heterocycles. The Bertz CT molecular complexity index is 448. The van der Waals surface area contributed by atoms with Gasteiger partial charge in [0.25, 0.3) is 5.91 Å². The maximum atomic E-state index is 12.3. The van der Waals surface area contributed by atoms with E-state index < -0.39 is 0 Å². The summed E-state index contributed by atoms with van der Waals surface area (Å²) >= 11 is 0. The van der Waals surface area contributed by atoms with Gasteiger partial charge in [0.1, 0.15) is 5.75 Å². The highest BCUT2D eigenvalue weighted by atomic mass is 16.5. The Kier molecular flexibility index (Phi) is 3.72. The summed E-state index contributed by atoms with van der Waals surface area (Å²) in [7, 11) is 3.20. The van der Waals surface area contributed by atoms with E-state index >= 15 is 0 Å². The lowest BCUT2D eigenvalue weighted by Crippen LogP contribution is -2.30. The van der Waals surface area contributed by atoms with E-state index in [4.69, 9.17) is 15.2 Å². The molecule has 5 nitrogen and oxygen atoms in total. The highest BCUT2D eigenvalue weighted by molar-refractivity contribution is 5.97. The van der Waals surface area contributed by atoms with Gasteiger partial charge in [0, 0.05) is 32.0 Å². The van der Waals surface area contributed by atoms with Crippen molar-refractivity contribution in [1.82, 2.24) is 4.90 Å². The molecule has 1 aromatic rings. The Labute approximate surface area is 106 Å². The molecule has 2 N–H and O–H groups in total. The van der Waals surface area contributed by atoms with E-state index in [-0.39, 0.29) is 12.0 Å². The van der Waals surface area contributed by atoms with Crippen LogP contribution in [0.1, 0.15) is 16.8 Å². The Hall–Kier alpha value is -1.75. The number of methoxy groups -OCH3 is 2. The molecule has 0 bridgehead atoms. The summed E-state index contributed by atoms with van der Waals surface area (Å²) in [6.45, 7) is 1.34. The molecule has 0 aliphatic carbocycles. The second-order valence-electron chi connectivity index (χ2n) is 4.36. The summed E-state index contributed by atoms with van der Waals surface area (Å²) in [6, 6.07) is 5.08. The van der Waals surface area contributed by atoms with Crippen molar-refractivity contribution >= 4 is 11.6 Å². The fourth-order valence-corrected chi connectivity index (χ4v) is 2.16. The maximum absolute atomic E-state index is 12.3. The van der Waals surface area contributed by atoms with Crippen LogP contribution in [0.15, 0.2) is 18.2 Å². The van der Waals surface area contributed by atoms with Crippen LogP contribution in [0.3, 0.4) is 0 Å². The van der Waals surface area contributed by atoms with Crippen LogP contribution in [0.2, 0.25) is 0 Å². The third-order valence-corrected chi connectivity index (χ3v) is 3.22. The lowest BCUT2D eigenvalue weighted by atomic mass is 10.1. The number of carbonyl (C=O) groups is 1. The first-order chi connectivity index (χ1) is 8.65. The molecule has 2 rings (SSSR count). The molecule has 1 saturated heterocycles. The molecule has 0 radical (unpaired) electrons. The number of nitrogen functional groups attached to an aromatic ring is 1. The van der Waals surface area contributed by atoms with E-state index in [1.807, 2.05) is 0 Å². The van der Waals surface area contributed by atoms with Crippen molar-refractivity contribution in [3.8, 4) is 5.75 Å². The maximum Gasteiger partial charge on any atom is 0.257 e. The Morgan fingerprint density at radius 3 is 2.83 bits per heavy atom. The molecule has 1 aliphatic rings. The summed E-state index contributed by atoms with van der Waals surface area (Å²) in [5.74, 6) is 0.479. The number of amides is 1. The third-order valence-electron chi connectivity index (χ3n) is 3.22.